The Hall–Kier alpha value is -3.10. The molecule has 0 saturated heterocycles. The molecular formula is C20H17Cl2N5O3. The summed E-state index contributed by atoms with van der Waals surface area (Å²) >= 11 is 12.0. The molecule has 1 N–H and O–H groups in total. The van der Waals surface area contributed by atoms with Gasteiger partial charge in [0.1, 0.15) is 12.1 Å². The molecule has 30 heavy (non-hydrogen) atoms. The molecule has 2 aromatic carbocycles. The first-order valence-electron chi connectivity index (χ1n) is 9.04. The number of methoxy groups -OCH3 is 1. The Morgan fingerprint density at radius 3 is 2.90 bits per heavy atom. The number of aromatic nitrogens is 3. The van der Waals surface area contributed by atoms with E-state index in [9.17, 15) is 4.79 Å². The first kappa shape index (κ1) is 20.2. The minimum absolute atomic E-state index is 0.175. The molecule has 10 heteroatoms. The molecule has 1 atom stereocenters. The Kier molecular flexibility index (Phi) is 5.87. The van der Waals surface area contributed by atoms with E-state index in [1.807, 2.05) is 30.3 Å². The number of ether oxygens (including phenoxy) is 1. The lowest BCUT2D eigenvalue weighted by atomic mass is 10.0. The molecule has 4 rings (SSSR count). The van der Waals surface area contributed by atoms with Crippen LogP contribution < -0.4 is 10.1 Å². The van der Waals surface area contributed by atoms with E-state index in [4.69, 9.17) is 32.8 Å². The molecule has 2 heterocycles. The summed E-state index contributed by atoms with van der Waals surface area (Å²) in [6.45, 7) is 0.431. The van der Waals surface area contributed by atoms with E-state index in [0.717, 1.165) is 11.1 Å². The Balaban J connectivity index is 1.36. The van der Waals surface area contributed by atoms with Crippen molar-refractivity contribution in [1.82, 2.24) is 14.8 Å². The zero-order valence-corrected chi connectivity index (χ0v) is 17.4. The molecular weight excluding hydrogens is 429 g/mol. The van der Waals surface area contributed by atoms with Crippen LogP contribution in [0.25, 0.3) is 0 Å². The van der Waals surface area contributed by atoms with Crippen LogP contribution in [-0.4, -0.2) is 39.6 Å². The van der Waals surface area contributed by atoms with Gasteiger partial charge in [-0.1, -0.05) is 46.6 Å². The first-order valence-corrected chi connectivity index (χ1v) is 9.79. The predicted molar refractivity (Wildman–Crippen MR) is 113 cm³/mol. The van der Waals surface area contributed by atoms with Crippen LogP contribution in [0, 0.1) is 0 Å². The van der Waals surface area contributed by atoms with E-state index >= 15 is 0 Å². The molecule has 3 aromatic rings. The van der Waals surface area contributed by atoms with Gasteiger partial charge in [-0.05, 0) is 29.8 Å². The van der Waals surface area contributed by atoms with Gasteiger partial charge >= 0.3 is 0 Å². The van der Waals surface area contributed by atoms with Crippen LogP contribution in [-0.2, 0) is 16.2 Å². The minimum atomic E-state index is -0.771. The van der Waals surface area contributed by atoms with Crippen LogP contribution in [0.15, 0.2) is 53.9 Å². The molecule has 0 bridgehead atoms. The number of rotatable bonds is 6. The fourth-order valence-electron chi connectivity index (χ4n) is 3.00. The van der Waals surface area contributed by atoms with Crippen LogP contribution in [0.4, 0.5) is 5.95 Å². The van der Waals surface area contributed by atoms with Gasteiger partial charge in [0.15, 0.2) is 0 Å². The third kappa shape index (κ3) is 4.39. The summed E-state index contributed by atoms with van der Waals surface area (Å²) in [5.41, 5.74) is 2.34. The second-order valence-corrected chi connectivity index (χ2v) is 7.35. The molecule has 1 unspecified atom stereocenters. The van der Waals surface area contributed by atoms with Crippen molar-refractivity contribution in [2.75, 3.05) is 12.4 Å². The second kappa shape index (κ2) is 8.73. The number of anilines is 1. The van der Waals surface area contributed by atoms with Gasteiger partial charge in [-0.3, -0.25) is 10.1 Å². The lowest BCUT2D eigenvalue weighted by molar-refractivity contribution is -0.125. The number of carbonyl (C=O) groups excluding carboxylic acids is 1. The summed E-state index contributed by atoms with van der Waals surface area (Å²) in [4.78, 5) is 22.0. The zero-order valence-electron chi connectivity index (χ0n) is 15.9. The molecule has 0 aliphatic carbocycles. The number of carbonyl (C=O) groups is 1. The number of hydrogen-bond donors (Lipinski definition) is 1. The molecule has 0 fully saturated rings. The lowest BCUT2D eigenvalue weighted by Crippen LogP contribution is -2.28. The molecule has 0 spiro atoms. The van der Waals surface area contributed by atoms with Gasteiger partial charge in [0.2, 0.25) is 12.1 Å². The first-order chi connectivity index (χ1) is 14.5. The van der Waals surface area contributed by atoms with E-state index < -0.39 is 6.10 Å². The topological polar surface area (TPSA) is 90.6 Å². The quantitative estimate of drug-likeness (QED) is 0.623. The summed E-state index contributed by atoms with van der Waals surface area (Å²) in [6.07, 6.45) is 1.06. The average Bonchev–Trinajstić information content (AvgIpc) is 3.40. The lowest BCUT2D eigenvalue weighted by Gasteiger charge is -2.08. The van der Waals surface area contributed by atoms with Crippen molar-refractivity contribution < 1.29 is 14.4 Å². The van der Waals surface area contributed by atoms with Gasteiger partial charge in [-0.2, -0.15) is 0 Å². The van der Waals surface area contributed by atoms with Gasteiger partial charge in [0.25, 0.3) is 5.91 Å². The maximum atomic E-state index is 12.5. The summed E-state index contributed by atoms with van der Waals surface area (Å²) in [5, 5.41) is 11.9. The summed E-state index contributed by atoms with van der Waals surface area (Å²) < 4.78 is 6.92. The smallest absolute Gasteiger partial charge is 0.271 e. The molecule has 1 amide bonds. The number of amides is 1. The highest BCUT2D eigenvalue weighted by atomic mass is 35.5. The molecule has 154 valence electrons. The highest BCUT2D eigenvalue weighted by Gasteiger charge is 2.30. The van der Waals surface area contributed by atoms with Crippen molar-refractivity contribution in [2.24, 2.45) is 5.16 Å². The summed E-state index contributed by atoms with van der Waals surface area (Å²) in [6, 6.07) is 12.8. The molecule has 1 aliphatic rings. The van der Waals surface area contributed by atoms with Crippen molar-refractivity contribution in [1.29, 1.82) is 0 Å². The Bertz CT molecular complexity index is 1120. The van der Waals surface area contributed by atoms with E-state index in [1.165, 1.54) is 6.33 Å². The van der Waals surface area contributed by atoms with Crippen molar-refractivity contribution in [2.45, 2.75) is 19.1 Å². The van der Waals surface area contributed by atoms with Crippen LogP contribution in [0.1, 0.15) is 17.5 Å². The second-order valence-electron chi connectivity index (χ2n) is 6.54. The highest BCUT2D eigenvalue weighted by Crippen LogP contribution is 2.25. The van der Waals surface area contributed by atoms with Crippen molar-refractivity contribution >= 4 is 40.8 Å². The Morgan fingerprint density at radius 2 is 2.10 bits per heavy atom. The molecule has 0 radical (unpaired) electrons. The average molecular weight is 446 g/mol. The molecule has 0 saturated carbocycles. The van der Waals surface area contributed by atoms with Gasteiger partial charge < -0.3 is 9.57 Å². The normalized spacial score (nSPS) is 15.4. The van der Waals surface area contributed by atoms with Gasteiger partial charge in [0, 0.05) is 12.0 Å². The van der Waals surface area contributed by atoms with Crippen LogP contribution in [0.2, 0.25) is 10.0 Å². The van der Waals surface area contributed by atoms with Crippen molar-refractivity contribution in [3.8, 4) is 5.75 Å². The van der Waals surface area contributed by atoms with Crippen LogP contribution >= 0.6 is 23.2 Å². The van der Waals surface area contributed by atoms with E-state index in [0.29, 0.717) is 34.5 Å². The third-order valence-electron chi connectivity index (χ3n) is 4.48. The number of halogens is 2. The number of hydrogen-bond acceptors (Lipinski definition) is 6. The molecule has 8 nitrogen and oxygen atoms in total. The van der Waals surface area contributed by atoms with Crippen molar-refractivity contribution in [3.63, 3.8) is 0 Å². The van der Waals surface area contributed by atoms with E-state index in [2.05, 4.69) is 20.6 Å². The monoisotopic (exact) mass is 445 g/mol. The number of nitrogens with one attached hydrogen (secondary N) is 1. The van der Waals surface area contributed by atoms with Crippen LogP contribution in [0.3, 0.4) is 0 Å². The van der Waals surface area contributed by atoms with Gasteiger partial charge in [-0.15, -0.1) is 5.10 Å². The number of oxime groups is 1. The summed E-state index contributed by atoms with van der Waals surface area (Å²) in [5.74, 6) is 0.467. The third-order valence-corrected chi connectivity index (χ3v) is 5.22. The SMILES string of the molecule is COc1ccccc1C1=NOC(C(=O)Nc2ncn(Cc3ccc(Cl)c(Cl)c3)n2)C1. The zero-order chi connectivity index (χ0) is 21.1. The number of para-hydroxylation sites is 1. The van der Waals surface area contributed by atoms with Gasteiger partial charge in [0.05, 0.1) is 29.4 Å². The standard InChI is InChI=1S/C20H17Cl2N5O3/c1-29-17-5-3-2-4-13(17)16-9-18(30-26-16)19(28)24-20-23-11-27(25-20)10-12-6-7-14(21)15(22)8-12/h2-8,11,18H,9-10H2,1H3,(H,24,25,28). The summed E-state index contributed by atoms with van der Waals surface area (Å²) in [7, 11) is 1.58. The fraction of sp³-hybridized carbons (Fsp3) is 0.200. The maximum Gasteiger partial charge on any atom is 0.271 e. The molecule has 1 aliphatic heterocycles. The molecule has 1 aromatic heterocycles. The largest absolute Gasteiger partial charge is 0.496 e. The number of nitrogens with zero attached hydrogens (tertiary/aromatic N) is 4. The minimum Gasteiger partial charge on any atom is -0.496 e. The fourth-order valence-corrected chi connectivity index (χ4v) is 3.32. The Morgan fingerprint density at radius 1 is 1.27 bits per heavy atom. The predicted octanol–water partition coefficient (Wildman–Crippen LogP) is 3.77. The maximum absolute atomic E-state index is 12.5. The van der Waals surface area contributed by atoms with E-state index in [1.54, 1.807) is 23.9 Å². The van der Waals surface area contributed by atoms with Crippen molar-refractivity contribution in [3.05, 3.63) is 70.0 Å². The van der Waals surface area contributed by atoms with Gasteiger partial charge in [-0.25, -0.2) is 9.67 Å². The van der Waals surface area contributed by atoms with Crippen LogP contribution in [0.5, 0.6) is 5.75 Å². The highest BCUT2D eigenvalue weighted by molar-refractivity contribution is 6.42. The van der Waals surface area contributed by atoms with E-state index in [-0.39, 0.29) is 11.9 Å². The number of benzene rings is 2. The Labute approximate surface area is 182 Å².